The highest BCUT2D eigenvalue weighted by molar-refractivity contribution is 8.10. The number of hydrogen-bond donors (Lipinski definition) is 1. The fraction of sp³-hybridized carbons (Fsp3) is 0.429. The normalized spacial score (nSPS) is 17.2. The molecule has 1 heterocycles. The molecule has 2 rings (SSSR count). The van der Waals surface area contributed by atoms with Crippen molar-refractivity contribution in [3.8, 4) is 5.75 Å². The minimum absolute atomic E-state index is 0.0715. The largest absolute Gasteiger partial charge is 0.494 e. The molecule has 0 atom stereocenters. The molecule has 0 bridgehead atoms. The van der Waals surface area contributed by atoms with Gasteiger partial charge in [-0.25, -0.2) is 25.3 Å². The topological polar surface area (TPSA) is 124 Å². The molecule has 8 nitrogen and oxygen atoms in total. The molecule has 140 valence electrons. The van der Waals surface area contributed by atoms with Crippen molar-refractivity contribution in [1.82, 2.24) is 0 Å². The molecule has 0 spiro atoms. The molecule has 0 radical (unpaired) electrons. The van der Waals surface area contributed by atoms with Crippen molar-refractivity contribution >= 4 is 40.1 Å². The van der Waals surface area contributed by atoms with E-state index in [4.69, 9.17) is 4.74 Å². The molecule has 11 heteroatoms. The van der Waals surface area contributed by atoms with Crippen LogP contribution in [0.5, 0.6) is 5.75 Å². The fourth-order valence-electron chi connectivity index (χ4n) is 2.55. The highest BCUT2D eigenvalue weighted by Gasteiger charge is 2.52. The molecular weight excluding hydrogens is 390 g/mol. The Labute approximate surface area is 147 Å². The van der Waals surface area contributed by atoms with E-state index in [9.17, 15) is 25.3 Å². The van der Waals surface area contributed by atoms with E-state index in [0.717, 1.165) is 24.8 Å². The number of sulfone groups is 3. The van der Waals surface area contributed by atoms with E-state index in [1.54, 1.807) is 6.92 Å². The molecule has 0 aliphatic carbocycles. The van der Waals surface area contributed by atoms with Gasteiger partial charge in [0.05, 0.1) is 11.5 Å². The SMILES string of the molecule is CCOc1ccc2c(c1)C(S(C)(=O)=O)=CC(S(C)(=O)=O)(S(C)(=O)=O)N2. The van der Waals surface area contributed by atoms with Crippen LogP contribution in [-0.2, 0) is 29.5 Å². The van der Waals surface area contributed by atoms with Gasteiger partial charge in [0, 0.05) is 30.0 Å². The molecular formula is C14H19NO7S3. The Bertz CT molecular complexity index is 1020. The molecule has 1 aromatic carbocycles. The van der Waals surface area contributed by atoms with Crippen LogP contribution in [0.4, 0.5) is 5.69 Å². The standard InChI is InChI=1S/C14H19NO7S3/c1-5-22-10-6-7-12-11(8-10)13(23(2,16)17)9-14(15-12,24(3,18)19)25(4,20)21/h6-9,15H,5H2,1-4H3. The van der Waals surface area contributed by atoms with E-state index in [1.165, 1.54) is 18.2 Å². The van der Waals surface area contributed by atoms with Crippen molar-refractivity contribution in [2.45, 2.75) is 11.1 Å². The van der Waals surface area contributed by atoms with Crippen LogP contribution < -0.4 is 10.1 Å². The minimum atomic E-state index is -4.27. The summed E-state index contributed by atoms with van der Waals surface area (Å²) in [7, 11) is -12.5. The first-order chi connectivity index (χ1) is 11.2. The predicted molar refractivity (Wildman–Crippen MR) is 96.5 cm³/mol. The summed E-state index contributed by atoms with van der Waals surface area (Å²) in [5.74, 6) is 0.379. The molecule has 0 saturated heterocycles. The lowest BCUT2D eigenvalue weighted by Crippen LogP contribution is -2.52. The van der Waals surface area contributed by atoms with Gasteiger partial charge in [-0.3, -0.25) is 0 Å². The van der Waals surface area contributed by atoms with Crippen molar-refractivity contribution in [3.05, 3.63) is 29.8 Å². The zero-order chi connectivity index (χ0) is 19.3. The third kappa shape index (κ3) is 3.40. The van der Waals surface area contributed by atoms with Crippen molar-refractivity contribution in [2.24, 2.45) is 0 Å². The second kappa shape index (κ2) is 5.99. The first kappa shape index (κ1) is 19.7. The monoisotopic (exact) mass is 409 g/mol. The number of rotatable bonds is 5. The highest BCUT2D eigenvalue weighted by atomic mass is 32.3. The van der Waals surface area contributed by atoms with Gasteiger partial charge in [0.15, 0.2) is 29.5 Å². The summed E-state index contributed by atoms with van der Waals surface area (Å²) in [6.45, 7) is 2.10. The number of nitrogens with one attached hydrogen (secondary N) is 1. The Balaban J connectivity index is 2.92. The first-order valence-corrected chi connectivity index (χ1v) is 12.8. The maximum Gasteiger partial charge on any atom is 0.261 e. The number of fused-ring (bicyclic) bond motifs is 1. The smallest absolute Gasteiger partial charge is 0.261 e. The van der Waals surface area contributed by atoms with Gasteiger partial charge in [0.25, 0.3) is 4.20 Å². The average molecular weight is 410 g/mol. The van der Waals surface area contributed by atoms with Gasteiger partial charge in [-0.05, 0) is 31.2 Å². The number of benzene rings is 1. The Morgan fingerprint density at radius 2 is 1.56 bits per heavy atom. The van der Waals surface area contributed by atoms with Gasteiger partial charge in [-0.2, -0.15) is 0 Å². The number of ether oxygens (including phenoxy) is 1. The Hall–Kier alpha value is -1.59. The van der Waals surface area contributed by atoms with Crippen LogP contribution in [0.1, 0.15) is 12.5 Å². The molecule has 0 amide bonds. The van der Waals surface area contributed by atoms with Crippen LogP contribution in [0.15, 0.2) is 24.3 Å². The Kier molecular flexibility index (Phi) is 4.73. The van der Waals surface area contributed by atoms with Crippen LogP contribution in [-0.4, -0.2) is 54.8 Å². The van der Waals surface area contributed by atoms with Gasteiger partial charge in [-0.15, -0.1) is 0 Å². The summed E-state index contributed by atoms with van der Waals surface area (Å²) in [6.07, 6.45) is 3.09. The molecule has 1 aromatic rings. The maximum atomic E-state index is 12.3. The third-order valence-corrected chi connectivity index (χ3v) is 9.30. The lowest BCUT2D eigenvalue weighted by molar-refractivity contribution is 0.340. The average Bonchev–Trinajstić information content (AvgIpc) is 2.43. The fourth-order valence-corrected chi connectivity index (χ4v) is 7.11. The highest BCUT2D eigenvalue weighted by Crippen LogP contribution is 2.42. The molecule has 25 heavy (non-hydrogen) atoms. The minimum Gasteiger partial charge on any atom is -0.494 e. The summed E-state index contributed by atoms with van der Waals surface area (Å²) < 4.78 is 76.4. The Morgan fingerprint density at radius 3 is 2.00 bits per heavy atom. The quantitative estimate of drug-likeness (QED) is 0.751. The van der Waals surface area contributed by atoms with Gasteiger partial charge in [-0.1, -0.05) is 0 Å². The Morgan fingerprint density at radius 1 is 1.00 bits per heavy atom. The van der Waals surface area contributed by atoms with Crippen molar-refractivity contribution in [1.29, 1.82) is 0 Å². The van der Waals surface area contributed by atoms with Gasteiger partial charge >= 0.3 is 0 Å². The first-order valence-electron chi connectivity index (χ1n) is 7.10. The van der Waals surface area contributed by atoms with Crippen LogP contribution in [0, 0.1) is 0 Å². The molecule has 0 unspecified atom stereocenters. The number of anilines is 1. The lowest BCUT2D eigenvalue weighted by atomic mass is 10.1. The van der Waals surface area contributed by atoms with Crippen molar-refractivity contribution in [2.75, 3.05) is 30.7 Å². The predicted octanol–water partition coefficient (Wildman–Crippen LogP) is 0.639. The zero-order valence-electron chi connectivity index (χ0n) is 14.1. The van der Waals surface area contributed by atoms with E-state index in [0.29, 0.717) is 12.4 Å². The lowest BCUT2D eigenvalue weighted by Gasteiger charge is -2.34. The van der Waals surface area contributed by atoms with Crippen molar-refractivity contribution in [3.63, 3.8) is 0 Å². The van der Waals surface area contributed by atoms with E-state index >= 15 is 0 Å². The third-order valence-electron chi connectivity index (χ3n) is 3.70. The van der Waals surface area contributed by atoms with Crippen LogP contribution in [0.3, 0.4) is 0 Å². The molecule has 0 saturated carbocycles. The second-order valence-corrected chi connectivity index (χ2v) is 12.4. The van der Waals surface area contributed by atoms with E-state index in [2.05, 4.69) is 5.32 Å². The van der Waals surface area contributed by atoms with E-state index in [1.807, 2.05) is 0 Å². The van der Waals surface area contributed by atoms with Gasteiger partial charge < -0.3 is 10.1 Å². The summed E-state index contributed by atoms with van der Waals surface area (Å²) >= 11 is 0. The molecule has 1 aliphatic heterocycles. The van der Waals surface area contributed by atoms with Gasteiger partial charge in [0.1, 0.15) is 5.75 Å². The summed E-state index contributed by atoms with van der Waals surface area (Å²) in [4.78, 5) is -0.390. The number of hydrogen-bond acceptors (Lipinski definition) is 8. The van der Waals surface area contributed by atoms with E-state index < -0.39 is 38.6 Å². The van der Waals surface area contributed by atoms with Gasteiger partial charge in [0.2, 0.25) is 0 Å². The summed E-state index contributed by atoms with van der Waals surface area (Å²) in [5.41, 5.74) is 0.221. The molecule has 0 aromatic heterocycles. The van der Waals surface area contributed by atoms with Crippen LogP contribution in [0.25, 0.3) is 4.91 Å². The molecule has 1 N–H and O–H groups in total. The van der Waals surface area contributed by atoms with Crippen molar-refractivity contribution < 1.29 is 30.0 Å². The maximum absolute atomic E-state index is 12.3. The van der Waals surface area contributed by atoms with E-state index in [-0.39, 0.29) is 11.3 Å². The molecule has 1 aliphatic rings. The summed E-state index contributed by atoms with van der Waals surface area (Å²) in [6, 6.07) is 4.31. The second-order valence-electron chi connectivity index (χ2n) is 5.76. The summed E-state index contributed by atoms with van der Waals surface area (Å²) in [5, 5.41) is 2.49. The molecule has 0 fully saturated rings. The zero-order valence-corrected chi connectivity index (χ0v) is 16.5. The van der Waals surface area contributed by atoms with Crippen LogP contribution >= 0.6 is 0 Å². The van der Waals surface area contributed by atoms with Crippen LogP contribution in [0.2, 0.25) is 0 Å².